The predicted octanol–water partition coefficient (Wildman–Crippen LogP) is 5.47. The summed E-state index contributed by atoms with van der Waals surface area (Å²) >= 11 is 0. The van der Waals surface area contributed by atoms with Crippen molar-refractivity contribution < 1.29 is 4.92 Å². The van der Waals surface area contributed by atoms with Crippen LogP contribution in [0.2, 0.25) is 0 Å². The average molecular weight is 345 g/mol. The fourth-order valence-corrected chi connectivity index (χ4v) is 8.03. The molecule has 0 aliphatic heterocycles. The molecule has 1 aromatic rings. The topological polar surface area (TPSA) is 71.8 Å². The Morgan fingerprint density at radius 2 is 1.52 bits per heavy atom. The van der Waals surface area contributed by atoms with Crippen LogP contribution < -0.4 is 0 Å². The van der Waals surface area contributed by atoms with Crippen LogP contribution in [0.15, 0.2) is 12.5 Å². The van der Waals surface area contributed by atoms with Crippen LogP contribution in [0.5, 0.6) is 0 Å². The number of nitrogens with zero attached hydrogens (tertiary/aromatic N) is 2. The van der Waals surface area contributed by atoms with Crippen molar-refractivity contribution in [3.05, 3.63) is 22.6 Å². The second-order valence-electron chi connectivity index (χ2n) is 6.35. The van der Waals surface area contributed by atoms with E-state index in [1.165, 1.54) is 57.2 Å². The first-order valence-electron chi connectivity index (χ1n) is 9.18. The van der Waals surface area contributed by atoms with Crippen molar-refractivity contribution in [1.82, 2.24) is 9.97 Å². The standard InChI is InChI=1S/C14H33P.C3H3N3O2/c1-5-9-12-15(8-4,13-10-6-2)14-11-7-3;7-6(8)3-1-4-2-5-3/h15H,5-14H2,1-4H3;1-2H,(H,4,5). The third-order valence-corrected chi connectivity index (χ3v) is 10.3. The van der Waals surface area contributed by atoms with Crippen LogP contribution in [0.25, 0.3) is 0 Å². The quantitative estimate of drug-likeness (QED) is 0.328. The van der Waals surface area contributed by atoms with Crippen molar-refractivity contribution in [2.75, 3.05) is 24.6 Å². The van der Waals surface area contributed by atoms with E-state index in [0.717, 1.165) is 0 Å². The van der Waals surface area contributed by atoms with Gasteiger partial charge in [-0.15, -0.1) is 0 Å². The van der Waals surface area contributed by atoms with Gasteiger partial charge in [0.05, 0.1) is 0 Å². The van der Waals surface area contributed by atoms with E-state index in [1.807, 2.05) is 0 Å². The summed E-state index contributed by atoms with van der Waals surface area (Å²) in [5, 5.41) is 9.79. The second-order valence-corrected chi connectivity index (χ2v) is 11.6. The van der Waals surface area contributed by atoms with Crippen molar-refractivity contribution in [3.8, 4) is 0 Å². The number of rotatable bonds is 11. The van der Waals surface area contributed by atoms with Crippen molar-refractivity contribution >= 4 is 13.1 Å². The molecule has 1 N–H and O–H groups in total. The van der Waals surface area contributed by atoms with Crippen molar-refractivity contribution in [2.45, 2.75) is 66.2 Å². The molecule has 5 nitrogen and oxygen atoms in total. The van der Waals surface area contributed by atoms with Gasteiger partial charge >= 0.3 is 104 Å². The van der Waals surface area contributed by atoms with E-state index < -0.39 is 12.2 Å². The summed E-state index contributed by atoms with van der Waals surface area (Å²) in [6.07, 6.45) is 17.5. The number of nitrogens with one attached hydrogen (secondary N) is 1. The molecular weight excluding hydrogens is 309 g/mol. The van der Waals surface area contributed by atoms with Crippen LogP contribution in [0.3, 0.4) is 0 Å². The molecular formula is C17H36N3O2P. The smallest absolute Gasteiger partial charge is 0.358 e. The molecule has 0 saturated carbocycles. The van der Waals surface area contributed by atoms with Gasteiger partial charge in [-0.05, 0) is 9.91 Å². The first-order valence-corrected chi connectivity index (χ1v) is 12.0. The Labute approximate surface area is 142 Å². The summed E-state index contributed by atoms with van der Waals surface area (Å²) < 4.78 is 0. The minimum Gasteiger partial charge on any atom is -0.358 e. The number of unbranched alkanes of at least 4 members (excludes halogenated alkanes) is 3. The van der Waals surface area contributed by atoms with E-state index in [-0.39, 0.29) is 5.82 Å². The van der Waals surface area contributed by atoms with Gasteiger partial charge in [-0.3, -0.25) is 0 Å². The van der Waals surface area contributed by atoms with Crippen LogP contribution >= 0.6 is 7.26 Å². The van der Waals surface area contributed by atoms with Crippen molar-refractivity contribution in [3.63, 3.8) is 0 Å². The first-order chi connectivity index (χ1) is 11.0. The molecule has 1 aromatic heterocycles. The Bertz CT molecular complexity index is 375. The van der Waals surface area contributed by atoms with Gasteiger partial charge in [-0.25, -0.2) is 0 Å². The van der Waals surface area contributed by atoms with Gasteiger partial charge in [0.15, 0.2) is 0 Å². The zero-order chi connectivity index (χ0) is 17.6. The van der Waals surface area contributed by atoms with Gasteiger partial charge < -0.3 is 15.1 Å². The second kappa shape index (κ2) is 13.5. The van der Waals surface area contributed by atoms with E-state index in [0.29, 0.717) is 0 Å². The van der Waals surface area contributed by atoms with Gasteiger partial charge in [0.25, 0.3) is 0 Å². The van der Waals surface area contributed by atoms with Gasteiger partial charge in [-0.1, -0.05) is 0 Å². The molecule has 0 spiro atoms. The van der Waals surface area contributed by atoms with Crippen LogP contribution in [0.4, 0.5) is 5.82 Å². The van der Waals surface area contributed by atoms with Crippen LogP contribution in [0, 0.1) is 10.1 Å². The maximum absolute atomic E-state index is 9.79. The molecule has 0 bridgehead atoms. The minimum atomic E-state index is -0.832. The summed E-state index contributed by atoms with van der Waals surface area (Å²) in [6, 6.07) is 0. The molecule has 0 radical (unpaired) electrons. The summed E-state index contributed by atoms with van der Waals surface area (Å²) in [7, 11) is -0.832. The van der Waals surface area contributed by atoms with E-state index in [1.54, 1.807) is 18.5 Å². The van der Waals surface area contributed by atoms with Gasteiger partial charge in [-0.2, -0.15) is 0 Å². The van der Waals surface area contributed by atoms with Crippen molar-refractivity contribution in [1.29, 1.82) is 0 Å². The minimum absolute atomic E-state index is 0.148. The number of hydrogen-bond acceptors (Lipinski definition) is 3. The molecule has 0 atom stereocenters. The summed E-state index contributed by atoms with van der Waals surface area (Å²) in [5.74, 6) is -0.148. The molecule has 0 amide bonds. The number of nitro groups is 1. The van der Waals surface area contributed by atoms with Crippen LogP contribution in [-0.4, -0.2) is 39.5 Å². The Hall–Kier alpha value is -0.960. The van der Waals surface area contributed by atoms with E-state index >= 15 is 0 Å². The molecule has 23 heavy (non-hydrogen) atoms. The maximum atomic E-state index is 9.79. The molecule has 1 heterocycles. The molecule has 0 aliphatic rings. The third kappa shape index (κ3) is 9.70. The predicted molar refractivity (Wildman–Crippen MR) is 103 cm³/mol. The fraction of sp³-hybridized carbons (Fsp3) is 0.824. The van der Waals surface area contributed by atoms with Crippen LogP contribution in [0.1, 0.15) is 66.2 Å². The molecule has 0 aromatic carbocycles. The average Bonchev–Trinajstić information content (AvgIpc) is 3.10. The van der Waals surface area contributed by atoms with Gasteiger partial charge in [0.1, 0.15) is 6.20 Å². The van der Waals surface area contributed by atoms with E-state index in [9.17, 15) is 10.1 Å². The number of aromatic nitrogens is 2. The zero-order valence-electron chi connectivity index (χ0n) is 15.4. The van der Waals surface area contributed by atoms with Crippen molar-refractivity contribution in [2.24, 2.45) is 0 Å². The molecule has 0 saturated heterocycles. The normalized spacial score (nSPS) is 11.7. The fourth-order valence-electron chi connectivity index (χ4n) is 2.91. The summed E-state index contributed by atoms with van der Waals surface area (Å²) in [5.41, 5.74) is 0. The number of hydrogen-bond donors (Lipinski definition) is 1. The largest absolute Gasteiger partial charge is 0.381 e. The third-order valence-electron chi connectivity index (χ3n) is 4.60. The Kier molecular flexibility index (Phi) is 12.9. The Morgan fingerprint density at radius 3 is 1.74 bits per heavy atom. The van der Waals surface area contributed by atoms with Gasteiger partial charge in [0, 0.05) is 0 Å². The maximum Gasteiger partial charge on any atom is 0.381 e. The number of imidazole rings is 1. The number of H-pyrrole nitrogens is 1. The van der Waals surface area contributed by atoms with E-state index in [4.69, 9.17) is 0 Å². The molecule has 0 unspecified atom stereocenters. The first kappa shape index (κ1) is 22.0. The van der Waals surface area contributed by atoms with E-state index in [2.05, 4.69) is 37.7 Å². The molecule has 136 valence electrons. The molecule has 0 aliphatic carbocycles. The molecule has 1 rings (SSSR count). The monoisotopic (exact) mass is 345 g/mol. The molecule has 0 fully saturated rings. The summed E-state index contributed by atoms with van der Waals surface area (Å²) in [6.45, 7) is 9.49. The SMILES string of the molecule is CCCC[PH](CC)(CCCC)CCCC.O=[N+]([O-])c1c[nH]cn1. The Balaban J connectivity index is 0.000000502. The number of aromatic amines is 1. The Morgan fingerprint density at radius 1 is 1.04 bits per heavy atom. The van der Waals surface area contributed by atoms with Crippen LogP contribution in [-0.2, 0) is 0 Å². The zero-order valence-corrected chi connectivity index (χ0v) is 16.4. The molecule has 6 heteroatoms. The van der Waals surface area contributed by atoms with Gasteiger partial charge in [0.2, 0.25) is 6.33 Å². The summed E-state index contributed by atoms with van der Waals surface area (Å²) in [4.78, 5) is 15.0.